The number of hydrogen-bond acceptors (Lipinski definition) is 3. The molecule has 2 heterocycles. The fraction of sp³-hybridized carbons (Fsp3) is 0.300. The molecule has 0 aliphatic carbocycles. The number of carboxylic acid groups (broad SMARTS) is 1. The average Bonchev–Trinajstić information content (AvgIpc) is 2.61. The summed E-state index contributed by atoms with van der Waals surface area (Å²) in [6, 6.07) is 1.54. The Morgan fingerprint density at radius 1 is 1.53 bits per heavy atom. The Morgan fingerprint density at radius 3 is 3.00 bits per heavy atom. The van der Waals surface area contributed by atoms with E-state index in [9.17, 15) is 4.79 Å². The molecule has 2 aromatic heterocycles. The number of rotatable bonds is 3. The van der Waals surface area contributed by atoms with Crippen LogP contribution in [0.4, 0.5) is 0 Å². The molecule has 2 aromatic rings. The molecule has 0 aliphatic rings. The minimum atomic E-state index is -0.977. The number of aromatic carboxylic acids is 1. The molecule has 0 saturated carbocycles. The molecular formula is C10H11N3O2. The van der Waals surface area contributed by atoms with Gasteiger partial charge in [-0.25, -0.2) is 14.8 Å². The highest BCUT2D eigenvalue weighted by Crippen LogP contribution is 2.12. The first-order valence-corrected chi connectivity index (χ1v) is 4.76. The Morgan fingerprint density at radius 2 is 2.33 bits per heavy atom. The van der Waals surface area contributed by atoms with Gasteiger partial charge in [-0.1, -0.05) is 6.92 Å². The van der Waals surface area contributed by atoms with Crippen LogP contribution in [-0.4, -0.2) is 25.6 Å². The number of aromatic nitrogens is 3. The largest absolute Gasteiger partial charge is 0.478 e. The molecule has 5 nitrogen and oxygen atoms in total. The van der Waals surface area contributed by atoms with E-state index in [1.54, 1.807) is 6.33 Å². The van der Waals surface area contributed by atoms with Crippen molar-refractivity contribution >= 4 is 17.1 Å². The zero-order valence-electron chi connectivity index (χ0n) is 8.34. The molecule has 0 amide bonds. The third-order valence-electron chi connectivity index (χ3n) is 2.17. The lowest BCUT2D eigenvalue weighted by Crippen LogP contribution is -1.99. The van der Waals surface area contributed by atoms with Crippen LogP contribution >= 0.6 is 0 Å². The topological polar surface area (TPSA) is 68.0 Å². The summed E-state index contributed by atoms with van der Waals surface area (Å²) in [7, 11) is 0. The van der Waals surface area contributed by atoms with Gasteiger partial charge in [0, 0.05) is 12.7 Å². The van der Waals surface area contributed by atoms with Crippen molar-refractivity contribution in [3.8, 4) is 0 Å². The number of fused-ring (bicyclic) bond motifs is 1. The number of imidazole rings is 1. The Bertz CT molecular complexity index is 504. The van der Waals surface area contributed by atoms with Gasteiger partial charge >= 0.3 is 5.97 Å². The van der Waals surface area contributed by atoms with Gasteiger partial charge in [0.05, 0.1) is 11.9 Å². The van der Waals surface area contributed by atoms with Crippen LogP contribution in [0, 0.1) is 0 Å². The van der Waals surface area contributed by atoms with Crippen LogP contribution in [0.3, 0.4) is 0 Å². The van der Waals surface area contributed by atoms with E-state index in [1.165, 1.54) is 12.3 Å². The highest BCUT2D eigenvalue weighted by Gasteiger charge is 2.08. The van der Waals surface area contributed by atoms with E-state index >= 15 is 0 Å². The highest BCUT2D eigenvalue weighted by molar-refractivity contribution is 5.90. The van der Waals surface area contributed by atoms with Crippen molar-refractivity contribution in [3.63, 3.8) is 0 Å². The monoisotopic (exact) mass is 205 g/mol. The van der Waals surface area contributed by atoms with Gasteiger partial charge in [-0.3, -0.25) is 0 Å². The van der Waals surface area contributed by atoms with E-state index in [2.05, 4.69) is 16.9 Å². The van der Waals surface area contributed by atoms with Crippen LogP contribution < -0.4 is 0 Å². The van der Waals surface area contributed by atoms with Gasteiger partial charge in [0.15, 0.2) is 5.65 Å². The Kier molecular flexibility index (Phi) is 2.37. The van der Waals surface area contributed by atoms with Crippen LogP contribution in [0.5, 0.6) is 0 Å². The van der Waals surface area contributed by atoms with Gasteiger partial charge in [0.1, 0.15) is 5.52 Å². The molecule has 0 atom stereocenters. The summed E-state index contributed by atoms with van der Waals surface area (Å²) < 4.78 is 1.92. The number of aryl methyl sites for hydroxylation is 1. The zero-order chi connectivity index (χ0) is 10.8. The molecule has 5 heteroatoms. The number of nitrogens with zero attached hydrogens (tertiary/aromatic N) is 3. The lowest BCUT2D eigenvalue weighted by atomic mass is 10.3. The molecular weight excluding hydrogens is 194 g/mol. The van der Waals surface area contributed by atoms with E-state index in [-0.39, 0.29) is 5.56 Å². The first kappa shape index (κ1) is 9.64. The molecule has 78 valence electrons. The molecule has 0 aromatic carbocycles. The Labute approximate surface area is 86.4 Å². The summed E-state index contributed by atoms with van der Waals surface area (Å²) in [5.41, 5.74) is 1.54. The number of carbonyl (C=O) groups is 1. The molecule has 0 bridgehead atoms. The van der Waals surface area contributed by atoms with Gasteiger partial charge in [0.25, 0.3) is 0 Å². The normalized spacial score (nSPS) is 10.7. The second-order valence-electron chi connectivity index (χ2n) is 3.31. The third-order valence-corrected chi connectivity index (χ3v) is 2.17. The summed E-state index contributed by atoms with van der Waals surface area (Å²) in [5, 5.41) is 8.78. The predicted octanol–water partition coefficient (Wildman–Crippen LogP) is 1.54. The SMILES string of the molecule is CCCn1cnc2cc(C(=O)O)cnc21. The fourth-order valence-corrected chi connectivity index (χ4v) is 1.47. The Balaban J connectivity index is 2.51. The van der Waals surface area contributed by atoms with Gasteiger partial charge in [-0.15, -0.1) is 0 Å². The van der Waals surface area contributed by atoms with Crippen LogP contribution in [0.2, 0.25) is 0 Å². The van der Waals surface area contributed by atoms with Gasteiger partial charge in [-0.05, 0) is 12.5 Å². The summed E-state index contributed by atoms with van der Waals surface area (Å²) in [6.45, 7) is 2.91. The molecule has 0 fully saturated rings. The smallest absolute Gasteiger partial charge is 0.337 e. The maximum atomic E-state index is 10.7. The van der Waals surface area contributed by atoms with Crippen molar-refractivity contribution in [2.75, 3.05) is 0 Å². The minimum absolute atomic E-state index is 0.171. The molecule has 0 aliphatic heterocycles. The van der Waals surface area contributed by atoms with Crippen LogP contribution in [0.15, 0.2) is 18.6 Å². The highest BCUT2D eigenvalue weighted by atomic mass is 16.4. The van der Waals surface area contributed by atoms with Crippen molar-refractivity contribution in [1.82, 2.24) is 14.5 Å². The van der Waals surface area contributed by atoms with Crippen molar-refractivity contribution < 1.29 is 9.90 Å². The maximum absolute atomic E-state index is 10.7. The standard InChI is InChI=1S/C10H11N3O2/c1-2-3-13-6-12-8-4-7(10(14)15)5-11-9(8)13/h4-6H,2-3H2,1H3,(H,14,15). The lowest BCUT2D eigenvalue weighted by Gasteiger charge is -1.99. The van der Waals surface area contributed by atoms with Gasteiger partial charge in [-0.2, -0.15) is 0 Å². The van der Waals surface area contributed by atoms with Crippen LogP contribution in [0.1, 0.15) is 23.7 Å². The predicted molar refractivity (Wildman–Crippen MR) is 54.8 cm³/mol. The van der Waals surface area contributed by atoms with Gasteiger partial charge in [0.2, 0.25) is 0 Å². The molecule has 0 unspecified atom stereocenters. The summed E-state index contributed by atoms with van der Waals surface area (Å²) in [4.78, 5) is 18.9. The van der Waals surface area contributed by atoms with Crippen molar-refractivity contribution in [1.29, 1.82) is 0 Å². The van der Waals surface area contributed by atoms with Crippen molar-refractivity contribution in [2.24, 2.45) is 0 Å². The van der Waals surface area contributed by atoms with Crippen LogP contribution in [-0.2, 0) is 6.54 Å². The van der Waals surface area contributed by atoms with Crippen molar-refractivity contribution in [3.05, 3.63) is 24.2 Å². The second kappa shape index (κ2) is 3.68. The first-order chi connectivity index (χ1) is 7.22. The average molecular weight is 205 g/mol. The Hall–Kier alpha value is -1.91. The molecule has 0 spiro atoms. The quantitative estimate of drug-likeness (QED) is 0.825. The first-order valence-electron chi connectivity index (χ1n) is 4.76. The van der Waals surface area contributed by atoms with E-state index in [4.69, 9.17) is 5.11 Å². The molecule has 0 radical (unpaired) electrons. The molecule has 0 saturated heterocycles. The summed E-state index contributed by atoms with van der Waals surface area (Å²) >= 11 is 0. The molecule has 2 rings (SSSR count). The fourth-order valence-electron chi connectivity index (χ4n) is 1.47. The second-order valence-corrected chi connectivity index (χ2v) is 3.31. The maximum Gasteiger partial charge on any atom is 0.337 e. The number of pyridine rings is 1. The summed E-state index contributed by atoms with van der Waals surface area (Å²) in [6.07, 6.45) is 4.04. The van der Waals surface area contributed by atoms with E-state index in [0.29, 0.717) is 5.52 Å². The van der Waals surface area contributed by atoms with E-state index < -0.39 is 5.97 Å². The minimum Gasteiger partial charge on any atom is -0.478 e. The van der Waals surface area contributed by atoms with E-state index in [1.807, 2.05) is 4.57 Å². The van der Waals surface area contributed by atoms with Crippen molar-refractivity contribution in [2.45, 2.75) is 19.9 Å². The lowest BCUT2D eigenvalue weighted by molar-refractivity contribution is 0.0696. The molecule has 1 N–H and O–H groups in total. The van der Waals surface area contributed by atoms with Crippen LogP contribution in [0.25, 0.3) is 11.2 Å². The molecule has 15 heavy (non-hydrogen) atoms. The number of carboxylic acids is 1. The third kappa shape index (κ3) is 1.68. The van der Waals surface area contributed by atoms with Gasteiger partial charge < -0.3 is 9.67 Å². The van der Waals surface area contributed by atoms with E-state index in [0.717, 1.165) is 18.6 Å². The summed E-state index contributed by atoms with van der Waals surface area (Å²) in [5.74, 6) is -0.977. The number of hydrogen-bond donors (Lipinski definition) is 1. The zero-order valence-corrected chi connectivity index (χ0v) is 8.34.